The Labute approximate surface area is 132 Å². The van der Waals surface area contributed by atoms with Gasteiger partial charge in [-0.15, -0.1) is 0 Å². The fourth-order valence-electron chi connectivity index (χ4n) is 2.01. The molecule has 0 spiro atoms. The zero-order valence-electron chi connectivity index (χ0n) is 13.1. The molecule has 7 heteroatoms. The normalized spacial score (nSPS) is 12.5. The molecule has 0 atom stereocenters. The van der Waals surface area contributed by atoms with Crippen molar-refractivity contribution in [3.05, 3.63) is 35.1 Å². The van der Waals surface area contributed by atoms with Crippen LogP contribution < -0.4 is 0 Å². The minimum absolute atomic E-state index is 0.0201. The summed E-state index contributed by atoms with van der Waals surface area (Å²) in [5.74, 6) is -4.59. The fourth-order valence-corrected chi connectivity index (χ4v) is 2.20. The molecule has 3 nitrogen and oxygen atoms in total. The quantitative estimate of drug-likeness (QED) is 0.413. The Kier molecular flexibility index (Phi) is 7.05. The summed E-state index contributed by atoms with van der Waals surface area (Å²) in [4.78, 5) is 0. The van der Waals surface area contributed by atoms with E-state index in [-0.39, 0.29) is 30.6 Å². The first-order valence-electron chi connectivity index (χ1n) is 7.03. The molecule has 0 aliphatic rings. The van der Waals surface area contributed by atoms with E-state index in [9.17, 15) is 13.2 Å². The third kappa shape index (κ3) is 5.39. The molecule has 1 aromatic rings. The SMILES string of the molecule is CC(C)OC(CCc1cc(F)c(F)cc1F)(O[Si])OC(C)C. The van der Waals surface area contributed by atoms with Crippen molar-refractivity contribution in [2.75, 3.05) is 0 Å². The molecule has 0 amide bonds. The minimum atomic E-state index is -1.45. The Balaban J connectivity index is 2.93. The lowest BCUT2D eigenvalue weighted by Crippen LogP contribution is -2.43. The van der Waals surface area contributed by atoms with Gasteiger partial charge < -0.3 is 13.9 Å². The van der Waals surface area contributed by atoms with Crippen LogP contribution in [0.5, 0.6) is 0 Å². The number of benzene rings is 1. The molecular weight excluding hydrogens is 313 g/mol. The summed E-state index contributed by atoms with van der Waals surface area (Å²) < 4.78 is 56.3. The van der Waals surface area contributed by atoms with Gasteiger partial charge in [-0.1, -0.05) is 0 Å². The molecular formula is C15H20F3O3Si. The lowest BCUT2D eigenvalue weighted by Gasteiger charge is -2.35. The standard InChI is InChI=1S/C15H20F3O3Si/c1-9(2)19-15(21-22,20-10(3)4)6-5-11-7-13(17)14(18)8-12(11)16/h7-10H,5-6H2,1-4H3. The van der Waals surface area contributed by atoms with Gasteiger partial charge in [-0.05, 0) is 45.7 Å². The third-order valence-corrected chi connectivity index (χ3v) is 3.09. The summed E-state index contributed by atoms with van der Waals surface area (Å²) in [5.41, 5.74) is 0.0201. The van der Waals surface area contributed by atoms with E-state index in [1.165, 1.54) is 0 Å². The van der Waals surface area contributed by atoms with Crippen LogP contribution in [-0.4, -0.2) is 28.7 Å². The van der Waals surface area contributed by atoms with Gasteiger partial charge in [-0.2, -0.15) is 0 Å². The van der Waals surface area contributed by atoms with Crippen molar-refractivity contribution >= 4 is 10.5 Å². The molecule has 0 aliphatic heterocycles. The molecule has 0 fully saturated rings. The lowest BCUT2D eigenvalue weighted by atomic mass is 10.1. The van der Waals surface area contributed by atoms with Crippen molar-refractivity contribution in [3.8, 4) is 0 Å². The maximum atomic E-state index is 13.7. The first-order valence-corrected chi connectivity index (χ1v) is 7.43. The van der Waals surface area contributed by atoms with Crippen LogP contribution in [0, 0.1) is 17.5 Å². The molecule has 0 aromatic heterocycles. The van der Waals surface area contributed by atoms with E-state index in [2.05, 4.69) is 10.5 Å². The van der Waals surface area contributed by atoms with Crippen LogP contribution >= 0.6 is 0 Å². The van der Waals surface area contributed by atoms with Crippen LogP contribution in [0.4, 0.5) is 13.2 Å². The van der Waals surface area contributed by atoms with E-state index >= 15 is 0 Å². The molecule has 1 rings (SSSR count). The average molecular weight is 333 g/mol. The molecule has 0 saturated carbocycles. The molecule has 0 heterocycles. The maximum absolute atomic E-state index is 13.7. The molecule has 0 unspecified atom stereocenters. The monoisotopic (exact) mass is 333 g/mol. The summed E-state index contributed by atoms with van der Waals surface area (Å²) in [7, 11) is 2.92. The van der Waals surface area contributed by atoms with Crippen molar-refractivity contribution < 1.29 is 27.1 Å². The Morgan fingerprint density at radius 1 is 0.955 bits per heavy atom. The Morgan fingerprint density at radius 2 is 1.45 bits per heavy atom. The predicted molar refractivity (Wildman–Crippen MR) is 76.6 cm³/mol. The van der Waals surface area contributed by atoms with Gasteiger partial charge in [0.1, 0.15) is 5.82 Å². The summed E-state index contributed by atoms with van der Waals surface area (Å²) in [6.45, 7) is 7.17. The van der Waals surface area contributed by atoms with Crippen molar-refractivity contribution in [1.29, 1.82) is 0 Å². The predicted octanol–water partition coefficient (Wildman–Crippen LogP) is 3.64. The van der Waals surface area contributed by atoms with E-state index < -0.39 is 23.4 Å². The first kappa shape index (κ1) is 19.2. The highest BCUT2D eigenvalue weighted by Gasteiger charge is 2.34. The Hall–Kier alpha value is -0.893. The molecule has 0 bridgehead atoms. The number of hydrogen-bond acceptors (Lipinski definition) is 3. The van der Waals surface area contributed by atoms with E-state index in [0.29, 0.717) is 6.07 Å². The van der Waals surface area contributed by atoms with E-state index in [1.807, 2.05) is 0 Å². The van der Waals surface area contributed by atoms with E-state index in [4.69, 9.17) is 13.9 Å². The van der Waals surface area contributed by atoms with Crippen LogP contribution in [0.15, 0.2) is 12.1 Å². The second-order valence-corrected chi connectivity index (χ2v) is 5.68. The highest BCUT2D eigenvalue weighted by atomic mass is 28.2. The maximum Gasteiger partial charge on any atom is 0.273 e. The number of hydrogen-bond donors (Lipinski definition) is 0. The average Bonchev–Trinajstić information content (AvgIpc) is 2.39. The van der Waals surface area contributed by atoms with Gasteiger partial charge >= 0.3 is 0 Å². The zero-order valence-corrected chi connectivity index (χ0v) is 14.1. The highest BCUT2D eigenvalue weighted by Crippen LogP contribution is 2.26. The van der Waals surface area contributed by atoms with Crippen molar-refractivity contribution in [2.24, 2.45) is 0 Å². The molecule has 3 radical (unpaired) electrons. The van der Waals surface area contributed by atoms with Crippen molar-refractivity contribution in [1.82, 2.24) is 0 Å². The molecule has 0 aliphatic carbocycles. The van der Waals surface area contributed by atoms with Gasteiger partial charge in [0.15, 0.2) is 11.6 Å². The Morgan fingerprint density at radius 3 is 1.91 bits per heavy atom. The highest BCUT2D eigenvalue weighted by molar-refractivity contribution is 5.98. The Bertz CT molecular complexity index is 485. The van der Waals surface area contributed by atoms with Crippen LogP contribution in [0.2, 0.25) is 0 Å². The molecule has 1 aromatic carbocycles. The van der Waals surface area contributed by atoms with Gasteiger partial charge in [0.25, 0.3) is 16.5 Å². The summed E-state index contributed by atoms with van der Waals surface area (Å²) in [6.07, 6.45) is -0.295. The fraction of sp³-hybridized carbons (Fsp3) is 0.600. The van der Waals surface area contributed by atoms with Crippen molar-refractivity contribution in [3.63, 3.8) is 0 Å². The van der Waals surface area contributed by atoms with Gasteiger partial charge in [0.2, 0.25) is 0 Å². The number of ether oxygens (including phenoxy) is 2. The van der Waals surface area contributed by atoms with Crippen LogP contribution in [0.25, 0.3) is 0 Å². The smallest absolute Gasteiger partial charge is 0.273 e. The molecule has 0 saturated heterocycles. The minimum Gasteiger partial charge on any atom is -0.371 e. The van der Waals surface area contributed by atoms with Gasteiger partial charge in [-0.3, -0.25) is 0 Å². The van der Waals surface area contributed by atoms with Crippen LogP contribution in [0.1, 0.15) is 39.7 Å². The van der Waals surface area contributed by atoms with Crippen LogP contribution in [-0.2, 0) is 20.3 Å². The molecule has 0 N–H and O–H groups in total. The number of halogens is 3. The van der Waals surface area contributed by atoms with Gasteiger partial charge in [0.05, 0.1) is 12.2 Å². The van der Waals surface area contributed by atoms with E-state index in [0.717, 1.165) is 6.07 Å². The lowest BCUT2D eigenvalue weighted by molar-refractivity contribution is -0.368. The first-order chi connectivity index (χ1) is 10.2. The second kappa shape index (κ2) is 8.10. The summed E-state index contributed by atoms with van der Waals surface area (Å²) in [5, 5.41) is 0. The third-order valence-electron chi connectivity index (χ3n) is 2.78. The zero-order chi connectivity index (χ0) is 16.9. The summed E-state index contributed by atoms with van der Waals surface area (Å²) in [6, 6.07) is 1.35. The van der Waals surface area contributed by atoms with Gasteiger partial charge in [0, 0.05) is 12.5 Å². The summed E-state index contributed by atoms with van der Waals surface area (Å²) >= 11 is 0. The largest absolute Gasteiger partial charge is 0.371 e. The second-order valence-electron chi connectivity index (χ2n) is 5.48. The molecule has 22 heavy (non-hydrogen) atoms. The van der Waals surface area contributed by atoms with E-state index in [1.54, 1.807) is 27.7 Å². The molecule has 123 valence electrons. The van der Waals surface area contributed by atoms with Gasteiger partial charge in [-0.25, -0.2) is 13.2 Å². The van der Waals surface area contributed by atoms with Crippen LogP contribution in [0.3, 0.4) is 0 Å². The van der Waals surface area contributed by atoms with Crippen molar-refractivity contribution in [2.45, 2.75) is 58.7 Å². The number of rotatable bonds is 8. The number of aryl methyl sites for hydroxylation is 1. The topological polar surface area (TPSA) is 27.7 Å².